The average Bonchev–Trinajstić information content (AvgIpc) is 2.68. The van der Waals surface area contributed by atoms with Crippen molar-refractivity contribution in [3.05, 3.63) is 36.0 Å². The third-order valence-corrected chi connectivity index (χ3v) is 5.79. The molecule has 0 aliphatic heterocycles. The zero-order chi connectivity index (χ0) is 19.7. The Hall–Kier alpha value is -2.61. The van der Waals surface area contributed by atoms with Crippen molar-refractivity contribution in [2.24, 2.45) is 5.92 Å². The lowest BCUT2D eigenvalue weighted by Crippen LogP contribution is -2.34. The van der Waals surface area contributed by atoms with Gasteiger partial charge in [0.15, 0.2) is 5.82 Å². The van der Waals surface area contributed by atoms with Gasteiger partial charge in [0.1, 0.15) is 11.3 Å². The molecule has 0 bridgehead atoms. The highest BCUT2D eigenvalue weighted by molar-refractivity contribution is 5.70. The van der Waals surface area contributed by atoms with E-state index in [9.17, 15) is 19.4 Å². The molecular weight excluding hydrogens is 363 g/mol. The smallest absolute Gasteiger partial charge is 0.306 e. The lowest BCUT2D eigenvalue weighted by Gasteiger charge is -2.36. The summed E-state index contributed by atoms with van der Waals surface area (Å²) in [4.78, 5) is 23.8. The lowest BCUT2D eigenvalue weighted by atomic mass is 9.77. The van der Waals surface area contributed by atoms with Crippen LogP contribution < -0.4 is 5.32 Å². The average molecular weight is 386 g/mol. The van der Waals surface area contributed by atoms with Crippen LogP contribution in [0.3, 0.4) is 0 Å². The second-order valence-electron chi connectivity index (χ2n) is 7.75. The van der Waals surface area contributed by atoms with Crippen LogP contribution in [-0.2, 0) is 10.4 Å². The third-order valence-electron chi connectivity index (χ3n) is 5.79. The molecule has 7 nitrogen and oxygen atoms in total. The maximum Gasteiger partial charge on any atom is 0.306 e. The molecule has 0 radical (unpaired) electrons. The van der Waals surface area contributed by atoms with Gasteiger partial charge in [-0.3, -0.25) is 9.78 Å². The van der Waals surface area contributed by atoms with Gasteiger partial charge in [-0.15, -0.1) is 0 Å². The molecule has 0 unspecified atom stereocenters. The van der Waals surface area contributed by atoms with Crippen molar-refractivity contribution in [2.75, 3.05) is 5.32 Å². The van der Waals surface area contributed by atoms with Gasteiger partial charge in [-0.2, -0.15) is 0 Å². The van der Waals surface area contributed by atoms with Crippen LogP contribution in [0, 0.1) is 11.7 Å². The SMILES string of the molecule is O=C(O)[C@@H]1CCC[C@H](Nc2ncc(F)c(-c3ccnc(C4(O)CCC4)c3)n2)C1. The fourth-order valence-corrected chi connectivity index (χ4v) is 3.97. The molecule has 0 saturated heterocycles. The predicted octanol–water partition coefficient (Wildman–Crippen LogP) is 3.10. The molecule has 8 heteroatoms. The minimum atomic E-state index is -0.936. The van der Waals surface area contributed by atoms with Crippen LogP contribution >= 0.6 is 0 Å². The van der Waals surface area contributed by atoms with Crippen LogP contribution in [0.4, 0.5) is 10.3 Å². The Morgan fingerprint density at radius 1 is 1.25 bits per heavy atom. The number of halogens is 1. The number of hydrogen-bond donors (Lipinski definition) is 3. The zero-order valence-corrected chi connectivity index (χ0v) is 15.4. The first kappa shape index (κ1) is 18.7. The number of carboxylic acids is 1. The number of hydrogen-bond acceptors (Lipinski definition) is 6. The highest BCUT2D eigenvalue weighted by Gasteiger charge is 2.37. The summed E-state index contributed by atoms with van der Waals surface area (Å²) in [5.41, 5.74) is 0.254. The highest BCUT2D eigenvalue weighted by atomic mass is 19.1. The Kier molecular flexibility index (Phi) is 4.97. The largest absolute Gasteiger partial charge is 0.481 e. The molecule has 2 aromatic heterocycles. The summed E-state index contributed by atoms with van der Waals surface area (Å²) in [6, 6.07) is 3.27. The Morgan fingerprint density at radius 3 is 2.79 bits per heavy atom. The molecule has 2 aromatic rings. The molecule has 0 spiro atoms. The van der Waals surface area contributed by atoms with Crippen molar-refractivity contribution in [3.63, 3.8) is 0 Å². The topological polar surface area (TPSA) is 108 Å². The second kappa shape index (κ2) is 7.43. The first-order chi connectivity index (χ1) is 13.4. The maximum atomic E-state index is 14.4. The number of aromatic nitrogens is 3. The number of nitrogens with zero attached hydrogens (tertiary/aromatic N) is 3. The number of carboxylic acid groups (broad SMARTS) is 1. The van der Waals surface area contributed by atoms with Gasteiger partial charge in [0, 0.05) is 17.8 Å². The van der Waals surface area contributed by atoms with E-state index in [0.29, 0.717) is 36.9 Å². The standard InChI is InChI=1S/C20H23FN4O3/c21-15-11-23-19(24-14-4-1-3-13(9-14)18(26)27)25-17(15)12-5-8-22-16(10-12)20(28)6-2-7-20/h5,8,10-11,13-14,28H,1-4,6-7,9H2,(H,26,27)(H,23,24,25)/t13-,14+/m1/s1. The number of rotatable bonds is 5. The van der Waals surface area contributed by atoms with E-state index < -0.39 is 17.4 Å². The van der Waals surface area contributed by atoms with Crippen molar-refractivity contribution >= 4 is 11.9 Å². The highest BCUT2D eigenvalue weighted by Crippen LogP contribution is 2.41. The van der Waals surface area contributed by atoms with Gasteiger partial charge >= 0.3 is 5.97 Å². The summed E-state index contributed by atoms with van der Waals surface area (Å²) in [6.07, 6.45) is 7.71. The molecule has 2 saturated carbocycles. The Morgan fingerprint density at radius 2 is 2.07 bits per heavy atom. The van der Waals surface area contributed by atoms with E-state index in [1.165, 1.54) is 0 Å². The van der Waals surface area contributed by atoms with Crippen LogP contribution in [0.15, 0.2) is 24.5 Å². The molecule has 28 heavy (non-hydrogen) atoms. The van der Waals surface area contributed by atoms with Crippen LogP contribution in [0.25, 0.3) is 11.3 Å². The summed E-state index contributed by atoms with van der Waals surface area (Å²) >= 11 is 0. The molecule has 2 aliphatic carbocycles. The molecule has 2 aliphatic rings. The second-order valence-corrected chi connectivity index (χ2v) is 7.75. The number of pyridine rings is 1. The normalized spacial score (nSPS) is 23.6. The summed E-state index contributed by atoms with van der Waals surface area (Å²) < 4.78 is 14.4. The number of anilines is 1. The molecule has 2 atom stereocenters. The molecule has 0 amide bonds. The van der Waals surface area contributed by atoms with E-state index in [-0.39, 0.29) is 23.6 Å². The number of carbonyl (C=O) groups is 1. The molecule has 0 aromatic carbocycles. The van der Waals surface area contributed by atoms with Gasteiger partial charge in [0.25, 0.3) is 0 Å². The number of nitrogens with one attached hydrogen (secondary N) is 1. The van der Waals surface area contributed by atoms with Gasteiger partial charge < -0.3 is 15.5 Å². The number of aliphatic hydroxyl groups is 1. The van der Waals surface area contributed by atoms with Crippen molar-refractivity contribution in [3.8, 4) is 11.3 Å². The first-order valence-electron chi connectivity index (χ1n) is 9.66. The Labute approximate surface area is 162 Å². The molecule has 3 N–H and O–H groups in total. The minimum Gasteiger partial charge on any atom is -0.481 e. The van der Waals surface area contributed by atoms with Gasteiger partial charge in [-0.05, 0) is 50.7 Å². The minimum absolute atomic E-state index is 0.0585. The van der Waals surface area contributed by atoms with Gasteiger partial charge in [0.05, 0.1) is 17.8 Å². The Bertz CT molecular complexity index is 888. The van der Waals surface area contributed by atoms with E-state index in [1.807, 2.05) is 0 Å². The van der Waals surface area contributed by atoms with E-state index >= 15 is 0 Å². The van der Waals surface area contributed by atoms with Crippen molar-refractivity contribution in [2.45, 2.75) is 56.6 Å². The van der Waals surface area contributed by atoms with E-state index in [0.717, 1.165) is 25.5 Å². The summed E-state index contributed by atoms with van der Waals surface area (Å²) in [5, 5.41) is 22.9. The molecule has 2 fully saturated rings. The van der Waals surface area contributed by atoms with Gasteiger partial charge in [-0.25, -0.2) is 14.4 Å². The Balaban J connectivity index is 1.56. The molecule has 4 rings (SSSR count). The molecule has 2 heterocycles. The van der Waals surface area contributed by atoms with Crippen LogP contribution in [-0.4, -0.2) is 37.2 Å². The van der Waals surface area contributed by atoms with E-state index in [1.54, 1.807) is 18.3 Å². The number of aliphatic carboxylic acids is 1. The van der Waals surface area contributed by atoms with Crippen molar-refractivity contribution in [1.29, 1.82) is 0 Å². The van der Waals surface area contributed by atoms with E-state index in [4.69, 9.17) is 0 Å². The summed E-state index contributed by atoms with van der Waals surface area (Å²) in [6.45, 7) is 0. The summed E-state index contributed by atoms with van der Waals surface area (Å²) in [7, 11) is 0. The molecular formula is C20H23FN4O3. The van der Waals surface area contributed by atoms with Crippen LogP contribution in [0.2, 0.25) is 0 Å². The predicted molar refractivity (Wildman–Crippen MR) is 100.0 cm³/mol. The maximum absolute atomic E-state index is 14.4. The van der Waals surface area contributed by atoms with Crippen molar-refractivity contribution in [1.82, 2.24) is 15.0 Å². The fourth-order valence-electron chi connectivity index (χ4n) is 3.97. The summed E-state index contributed by atoms with van der Waals surface area (Å²) in [5.74, 6) is -1.45. The van der Waals surface area contributed by atoms with Crippen LogP contribution in [0.1, 0.15) is 50.6 Å². The van der Waals surface area contributed by atoms with Crippen molar-refractivity contribution < 1.29 is 19.4 Å². The van der Waals surface area contributed by atoms with Crippen LogP contribution in [0.5, 0.6) is 0 Å². The fraction of sp³-hybridized carbons (Fsp3) is 0.500. The molecule has 148 valence electrons. The monoisotopic (exact) mass is 386 g/mol. The first-order valence-corrected chi connectivity index (χ1v) is 9.66. The third kappa shape index (κ3) is 3.69. The zero-order valence-electron chi connectivity index (χ0n) is 15.4. The lowest BCUT2D eigenvalue weighted by molar-refractivity contribution is -0.142. The van der Waals surface area contributed by atoms with Gasteiger partial charge in [-0.1, -0.05) is 6.42 Å². The van der Waals surface area contributed by atoms with Gasteiger partial charge in [0.2, 0.25) is 5.95 Å². The van der Waals surface area contributed by atoms with E-state index in [2.05, 4.69) is 20.3 Å². The quantitative estimate of drug-likeness (QED) is 0.724.